The lowest BCUT2D eigenvalue weighted by Crippen LogP contribution is -2.11. The third kappa shape index (κ3) is 2.59. The molecular weight excluding hydrogens is 332 g/mol. The van der Waals surface area contributed by atoms with Crippen molar-refractivity contribution in [2.45, 2.75) is 6.61 Å². The standard InChI is InChI=1S/C21H14O5/c22-15-6-1-12(2-7-15)17-10-5-14-11-26-21(25)18(14)19(17)20(24)13-3-8-16(23)9-4-13/h1-10,22-23H,11H2. The Hall–Kier alpha value is -3.60. The van der Waals surface area contributed by atoms with Crippen LogP contribution in [-0.4, -0.2) is 22.0 Å². The molecule has 0 atom stereocenters. The Kier molecular flexibility index (Phi) is 3.69. The van der Waals surface area contributed by atoms with Crippen molar-refractivity contribution < 1.29 is 24.5 Å². The van der Waals surface area contributed by atoms with Crippen molar-refractivity contribution in [1.82, 2.24) is 0 Å². The number of aromatic hydroxyl groups is 2. The van der Waals surface area contributed by atoms with Crippen LogP contribution < -0.4 is 0 Å². The maximum atomic E-state index is 13.2. The molecule has 0 aliphatic carbocycles. The molecule has 2 N–H and O–H groups in total. The van der Waals surface area contributed by atoms with Gasteiger partial charge in [0.25, 0.3) is 0 Å². The Morgan fingerprint density at radius 2 is 1.46 bits per heavy atom. The van der Waals surface area contributed by atoms with Crippen molar-refractivity contribution >= 4 is 11.8 Å². The van der Waals surface area contributed by atoms with E-state index in [1.54, 1.807) is 24.3 Å². The van der Waals surface area contributed by atoms with E-state index >= 15 is 0 Å². The molecule has 1 heterocycles. The van der Waals surface area contributed by atoms with Crippen molar-refractivity contribution in [1.29, 1.82) is 0 Å². The minimum Gasteiger partial charge on any atom is -0.508 e. The monoisotopic (exact) mass is 346 g/mol. The first-order valence-electron chi connectivity index (χ1n) is 8.01. The molecule has 0 amide bonds. The molecule has 0 spiro atoms. The number of cyclic esters (lactones) is 1. The van der Waals surface area contributed by atoms with Crippen molar-refractivity contribution in [3.63, 3.8) is 0 Å². The summed E-state index contributed by atoms with van der Waals surface area (Å²) in [5, 5.41) is 19.0. The molecule has 1 aliphatic rings. The second kappa shape index (κ2) is 6.04. The Balaban J connectivity index is 1.94. The minimum absolute atomic E-state index is 0.0537. The van der Waals surface area contributed by atoms with E-state index in [-0.39, 0.29) is 35.0 Å². The quantitative estimate of drug-likeness (QED) is 0.558. The van der Waals surface area contributed by atoms with Crippen molar-refractivity contribution in [3.8, 4) is 22.6 Å². The minimum atomic E-state index is -0.525. The van der Waals surface area contributed by atoms with Crippen molar-refractivity contribution in [2.24, 2.45) is 0 Å². The number of phenolic OH excluding ortho intramolecular Hbond substituents is 2. The molecule has 5 heteroatoms. The fourth-order valence-electron chi connectivity index (χ4n) is 3.09. The van der Waals surface area contributed by atoms with Gasteiger partial charge in [0, 0.05) is 16.7 Å². The molecule has 0 fully saturated rings. The second-order valence-electron chi connectivity index (χ2n) is 6.02. The number of esters is 1. The zero-order valence-electron chi connectivity index (χ0n) is 13.6. The highest BCUT2D eigenvalue weighted by atomic mass is 16.5. The summed E-state index contributed by atoms with van der Waals surface area (Å²) in [5.41, 5.74) is 2.85. The molecule has 0 bridgehead atoms. The number of hydrogen-bond acceptors (Lipinski definition) is 5. The highest BCUT2D eigenvalue weighted by Crippen LogP contribution is 2.34. The molecule has 0 saturated heterocycles. The van der Waals surface area contributed by atoms with Gasteiger partial charge in [-0.05, 0) is 47.5 Å². The molecular formula is C21H14O5. The van der Waals surface area contributed by atoms with Crippen LogP contribution >= 0.6 is 0 Å². The Bertz CT molecular complexity index is 1020. The highest BCUT2D eigenvalue weighted by molar-refractivity contribution is 6.19. The number of fused-ring (bicyclic) bond motifs is 1. The van der Waals surface area contributed by atoms with Gasteiger partial charge in [0.1, 0.15) is 18.1 Å². The summed E-state index contributed by atoms with van der Waals surface area (Å²) in [7, 11) is 0. The molecule has 26 heavy (non-hydrogen) atoms. The lowest BCUT2D eigenvalue weighted by Gasteiger charge is -2.13. The number of rotatable bonds is 3. The first kappa shape index (κ1) is 15.9. The van der Waals surface area contributed by atoms with Crippen LogP contribution in [0, 0.1) is 0 Å². The van der Waals surface area contributed by atoms with E-state index in [2.05, 4.69) is 0 Å². The van der Waals surface area contributed by atoms with E-state index in [4.69, 9.17) is 4.74 Å². The second-order valence-corrected chi connectivity index (χ2v) is 6.02. The van der Waals surface area contributed by atoms with E-state index in [1.807, 2.05) is 0 Å². The lowest BCUT2D eigenvalue weighted by atomic mass is 9.88. The number of benzene rings is 3. The molecule has 128 valence electrons. The molecule has 5 nitrogen and oxygen atoms in total. The van der Waals surface area contributed by atoms with Gasteiger partial charge in [-0.2, -0.15) is 0 Å². The number of ketones is 1. The fraction of sp³-hybridized carbons (Fsp3) is 0.0476. The van der Waals surface area contributed by atoms with Crippen molar-refractivity contribution in [3.05, 3.63) is 82.9 Å². The van der Waals surface area contributed by atoms with Gasteiger partial charge in [-0.15, -0.1) is 0 Å². The molecule has 0 radical (unpaired) electrons. The van der Waals surface area contributed by atoms with Crippen LogP contribution in [-0.2, 0) is 11.3 Å². The van der Waals surface area contributed by atoms with E-state index in [9.17, 15) is 19.8 Å². The van der Waals surface area contributed by atoms with Crippen LogP contribution in [0.5, 0.6) is 11.5 Å². The van der Waals surface area contributed by atoms with Crippen LogP contribution in [0.2, 0.25) is 0 Å². The van der Waals surface area contributed by atoms with Gasteiger partial charge < -0.3 is 14.9 Å². The topological polar surface area (TPSA) is 83.8 Å². The summed E-state index contributed by atoms with van der Waals surface area (Å²) in [6.45, 7) is 0.139. The number of carbonyl (C=O) groups excluding carboxylic acids is 2. The molecule has 3 aromatic carbocycles. The Morgan fingerprint density at radius 3 is 2.12 bits per heavy atom. The van der Waals surface area contributed by atoms with Crippen LogP contribution in [0.4, 0.5) is 0 Å². The third-order valence-electron chi connectivity index (χ3n) is 4.39. The summed E-state index contributed by atoms with van der Waals surface area (Å²) in [4.78, 5) is 25.4. The molecule has 0 aromatic heterocycles. The zero-order chi connectivity index (χ0) is 18.3. The van der Waals surface area contributed by atoms with Gasteiger partial charge in [0.05, 0.1) is 5.56 Å². The van der Waals surface area contributed by atoms with Gasteiger partial charge in [-0.3, -0.25) is 4.79 Å². The summed E-state index contributed by atoms with van der Waals surface area (Å²) in [6, 6.07) is 15.8. The summed E-state index contributed by atoms with van der Waals surface area (Å²) < 4.78 is 5.11. The number of hydrogen-bond donors (Lipinski definition) is 2. The number of phenols is 2. The lowest BCUT2D eigenvalue weighted by molar-refractivity contribution is 0.0533. The first-order valence-corrected chi connectivity index (χ1v) is 8.01. The summed E-state index contributed by atoms with van der Waals surface area (Å²) >= 11 is 0. The number of ether oxygens (including phenoxy) is 1. The summed E-state index contributed by atoms with van der Waals surface area (Å²) in [5.74, 6) is -0.690. The molecule has 4 rings (SSSR count). The van der Waals surface area contributed by atoms with Crippen LogP contribution in [0.1, 0.15) is 31.8 Å². The third-order valence-corrected chi connectivity index (χ3v) is 4.39. The Morgan fingerprint density at radius 1 is 0.846 bits per heavy atom. The predicted octanol–water partition coefficient (Wildman–Crippen LogP) is 3.67. The van der Waals surface area contributed by atoms with E-state index in [0.717, 1.165) is 0 Å². The average Bonchev–Trinajstić information content (AvgIpc) is 3.03. The highest BCUT2D eigenvalue weighted by Gasteiger charge is 2.30. The van der Waals surface area contributed by atoms with E-state index in [1.165, 1.54) is 36.4 Å². The molecule has 0 saturated carbocycles. The maximum absolute atomic E-state index is 13.2. The largest absolute Gasteiger partial charge is 0.508 e. The predicted molar refractivity (Wildman–Crippen MR) is 94.2 cm³/mol. The van der Waals surface area contributed by atoms with Gasteiger partial charge in [-0.1, -0.05) is 24.3 Å². The van der Waals surface area contributed by atoms with Crippen LogP contribution in [0.3, 0.4) is 0 Å². The van der Waals surface area contributed by atoms with E-state index in [0.29, 0.717) is 22.3 Å². The van der Waals surface area contributed by atoms with Gasteiger partial charge in [-0.25, -0.2) is 4.79 Å². The molecule has 3 aromatic rings. The van der Waals surface area contributed by atoms with Crippen molar-refractivity contribution in [2.75, 3.05) is 0 Å². The normalized spacial score (nSPS) is 12.5. The van der Waals surface area contributed by atoms with Gasteiger partial charge in [0.2, 0.25) is 0 Å². The SMILES string of the molecule is O=C1OCc2ccc(-c3ccc(O)cc3)c(C(=O)c3ccc(O)cc3)c21. The first-order chi connectivity index (χ1) is 12.5. The smallest absolute Gasteiger partial charge is 0.339 e. The maximum Gasteiger partial charge on any atom is 0.339 e. The number of carbonyl (C=O) groups is 2. The van der Waals surface area contributed by atoms with Crippen LogP contribution in [0.25, 0.3) is 11.1 Å². The van der Waals surface area contributed by atoms with Gasteiger partial charge in [0.15, 0.2) is 5.78 Å². The Labute approximate surface area is 149 Å². The summed E-state index contributed by atoms with van der Waals surface area (Å²) in [6.07, 6.45) is 0. The van der Waals surface area contributed by atoms with Crippen LogP contribution in [0.15, 0.2) is 60.7 Å². The zero-order valence-corrected chi connectivity index (χ0v) is 13.6. The van der Waals surface area contributed by atoms with E-state index < -0.39 is 5.97 Å². The molecule has 1 aliphatic heterocycles. The fourth-order valence-corrected chi connectivity index (χ4v) is 3.09. The van der Waals surface area contributed by atoms with Gasteiger partial charge >= 0.3 is 5.97 Å². The average molecular weight is 346 g/mol. The molecule has 0 unspecified atom stereocenters.